The summed E-state index contributed by atoms with van der Waals surface area (Å²) in [4.78, 5) is 27.2. The van der Waals surface area contributed by atoms with E-state index in [1.165, 1.54) is 0 Å². The van der Waals surface area contributed by atoms with Crippen LogP contribution in [0, 0.1) is 5.92 Å². The molecule has 0 bridgehead atoms. The number of amides is 2. The maximum atomic E-state index is 12.9. The molecule has 0 radical (unpaired) electrons. The van der Waals surface area contributed by atoms with E-state index in [9.17, 15) is 9.59 Å². The molecule has 0 aliphatic heterocycles. The minimum Gasteiger partial charge on any atom is -0.333 e. The van der Waals surface area contributed by atoms with Gasteiger partial charge >= 0.3 is 0 Å². The summed E-state index contributed by atoms with van der Waals surface area (Å²) in [6, 6.07) is 9.18. The molecule has 2 amide bonds. The van der Waals surface area contributed by atoms with Gasteiger partial charge in [-0.05, 0) is 36.6 Å². The molecular formula is C24H35ClN4O2. The number of hydrogen-bond acceptors (Lipinski definition) is 3. The van der Waals surface area contributed by atoms with E-state index >= 15 is 0 Å². The molecule has 0 saturated carbocycles. The van der Waals surface area contributed by atoms with Crippen LogP contribution in [-0.2, 0) is 15.0 Å². The van der Waals surface area contributed by atoms with Crippen molar-refractivity contribution in [1.29, 1.82) is 0 Å². The van der Waals surface area contributed by atoms with Crippen LogP contribution in [0.4, 0.5) is 5.82 Å². The summed E-state index contributed by atoms with van der Waals surface area (Å²) >= 11 is 6.03. The maximum Gasteiger partial charge on any atom is 0.245 e. The first-order chi connectivity index (χ1) is 14.5. The van der Waals surface area contributed by atoms with Crippen molar-refractivity contribution in [3.63, 3.8) is 0 Å². The molecule has 6 nitrogen and oxygen atoms in total. The Morgan fingerprint density at radius 2 is 1.84 bits per heavy atom. The molecule has 1 N–H and O–H groups in total. The molecule has 0 fully saturated rings. The van der Waals surface area contributed by atoms with Gasteiger partial charge in [0.1, 0.15) is 5.82 Å². The van der Waals surface area contributed by atoms with Gasteiger partial charge in [-0.25, -0.2) is 4.68 Å². The highest BCUT2D eigenvalue weighted by Gasteiger charge is 2.23. The molecule has 1 aromatic heterocycles. The standard InChI is InChI=1S/C24H35ClN4O2/c1-7-8-9-23(31)28(15-17(2)3)16-22(30)26-21-14-20(24(4,5)6)27-29(21)19-12-10-18(25)11-13-19/h10-14,17H,7-9,15-16H2,1-6H3,(H,26,30). The number of benzene rings is 1. The van der Waals surface area contributed by atoms with Crippen molar-refractivity contribution in [2.75, 3.05) is 18.4 Å². The summed E-state index contributed by atoms with van der Waals surface area (Å²) < 4.78 is 1.71. The maximum absolute atomic E-state index is 12.9. The van der Waals surface area contributed by atoms with Gasteiger partial charge in [-0.3, -0.25) is 9.59 Å². The van der Waals surface area contributed by atoms with E-state index in [0.717, 1.165) is 24.2 Å². The lowest BCUT2D eigenvalue weighted by Gasteiger charge is -2.24. The highest BCUT2D eigenvalue weighted by Crippen LogP contribution is 2.27. The van der Waals surface area contributed by atoms with Gasteiger partial charge < -0.3 is 10.2 Å². The predicted molar refractivity (Wildman–Crippen MR) is 127 cm³/mol. The topological polar surface area (TPSA) is 67.2 Å². The van der Waals surface area contributed by atoms with Gasteiger partial charge in [-0.2, -0.15) is 5.10 Å². The average molecular weight is 447 g/mol. The Bertz CT molecular complexity index is 882. The Morgan fingerprint density at radius 1 is 1.19 bits per heavy atom. The average Bonchev–Trinajstić information content (AvgIpc) is 3.10. The smallest absolute Gasteiger partial charge is 0.245 e. The number of carbonyl (C=O) groups is 2. The Kier molecular flexibility index (Phi) is 8.69. The number of hydrogen-bond donors (Lipinski definition) is 1. The van der Waals surface area contributed by atoms with Crippen molar-refractivity contribution in [2.45, 2.75) is 66.2 Å². The van der Waals surface area contributed by atoms with Gasteiger partial charge in [0.25, 0.3) is 0 Å². The predicted octanol–water partition coefficient (Wildman–Crippen LogP) is 5.44. The Labute approximate surface area is 191 Å². The number of rotatable bonds is 9. The first kappa shape index (κ1) is 24.9. The van der Waals surface area contributed by atoms with Gasteiger partial charge in [0, 0.05) is 29.5 Å². The molecule has 1 heterocycles. The summed E-state index contributed by atoms with van der Waals surface area (Å²) in [5.74, 6) is 0.640. The summed E-state index contributed by atoms with van der Waals surface area (Å²) in [6.45, 7) is 12.9. The third kappa shape index (κ3) is 7.39. The molecule has 0 saturated heterocycles. The van der Waals surface area contributed by atoms with Crippen LogP contribution in [0.25, 0.3) is 5.69 Å². The molecule has 0 unspecified atom stereocenters. The van der Waals surface area contributed by atoms with Crippen LogP contribution >= 0.6 is 11.6 Å². The molecule has 0 aliphatic rings. The molecule has 170 valence electrons. The lowest BCUT2D eigenvalue weighted by atomic mass is 9.92. The number of carbonyl (C=O) groups excluding carboxylic acids is 2. The molecule has 1 aromatic carbocycles. The van der Waals surface area contributed by atoms with Crippen LogP contribution in [0.2, 0.25) is 5.02 Å². The third-order valence-electron chi connectivity index (χ3n) is 4.83. The van der Waals surface area contributed by atoms with E-state index < -0.39 is 0 Å². The van der Waals surface area contributed by atoms with Gasteiger partial charge in [0.15, 0.2) is 0 Å². The fourth-order valence-corrected chi connectivity index (χ4v) is 3.28. The van der Waals surface area contributed by atoms with Crippen molar-refractivity contribution in [3.05, 3.63) is 41.0 Å². The lowest BCUT2D eigenvalue weighted by Crippen LogP contribution is -2.40. The van der Waals surface area contributed by atoms with Crippen molar-refractivity contribution in [1.82, 2.24) is 14.7 Å². The van der Waals surface area contributed by atoms with Gasteiger partial charge in [-0.1, -0.05) is 59.6 Å². The van der Waals surface area contributed by atoms with E-state index in [4.69, 9.17) is 16.7 Å². The zero-order valence-corrected chi connectivity index (χ0v) is 20.3. The third-order valence-corrected chi connectivity index (χ3v) is 5.09. The fraction of sp³-hybridized carbons (Fsp3) is 0.542. The summed E-state index contributed by atoms with van der Waals surface area (Å²) in [5, 5.41) is 8.31. The number of nitrogens with zero attached hydrogens (tertiary/aromatic N) is 3. The SMILES string of the molecule is CCCCC(=O)N(CC(=O)Nc1cc(C(C)(C)C)nn1-c1ccc(Cl)cc1)CC(C)C. The van der Waals surface area contributed by atoms with E-state index in [1.54, 1.807) is 21.7 Å². The first-order valence-corrected chi connectivity index (χ1v) is 11.3. The van der Waals surface area contributed by atoms with Crippen molar-refractivity contribution in [3.8, 4) is 5.69 Å². The Morgan fingerprint density at radius 3 is 2.39 bits per heavy atom. The van der Waals surface area contributed by atoms with Crippen LogP contribution in [0.15, 0.2) is 30.3 Å². The molecular weight excluding hydrogens is 412 g/mol. The number of aromatic nitrogens is 2. The highest BCUT2D eigenvalue weighted by molar-refractivity contribution is 6.30. The summed E-state index contributed by atoms with van der Waals surface area (Å²) in [6.07, 6.45) is 2.24. The van der Waals surface area contributed by atoms with E-state index in [2.05, 4.69) is 33.0 Å². The van der Waals surface area contributed by atoms with Crippen molar-refractivity contribution >= 4 is 29.2 Å². The zero-order chi connectivity index (χ0) is 23.2. The lowest BCUT2D eigenvalue weighted by molar-refractivity contribution is -0.135. The van der Waals surface area contributed by atoms with E-state index in [1.807, 2.05) is 32.0 Å². The fourth-order valence-electron chi connectivity index (χ4n) is 3.15. The second-order valence-corrected chi connectivity index (χ2v) is 9.81. The van der Waals surface area contributed by atoms with Gasteiger partial charge in [0.05, 0.1) is 17.9 Å². The van der Waals surface area contributed by atoms with Crippen LogP contribution in [0.5, 0.6) is 0 Å². The van der Waals surface area contributed by atoms with Crippen LogP contribution < -0.4 is 5.32 Å². The number of anilines is 1. The minimum absolute atomic E-state index is 0.0206. The second-order valence-electron chi connectivity index (χ2n) is 9.37. The summed E-state index contributed by atoms with van der Waals surface area (Å²) in [7, 11) is 0. The van der Waals surface area contributed by atoms with Gasteiger partial charge in [0.2, 0.25) is 11.8 Å². The molecule has 2 aromatic rings. The minimum atomic E-state index is -0.235. The van der Waals surface area contributed by atoms with E-state index in [0.29, 0.717) is 23.8 Å². The molecule has 0 spiro atoms. The Balaban J connectivity index is 2.26. The normalized spacial score (nSPS) is 11.6. The number of unbranched alkanes of at least 4 members (excludes halogenated alkanes) is 1. The molecule has 0 aliphatic carbocycles. The summed E-state index contributed by atoms with van der Waals surface area (Å²) in [5.41, 5.74) is 1.47. The number of nitrogens with one attached hydrogen (secondary N) is 1. The molecule has 2 rings (SSSR count). The van der Waals surface area contributed by atoms with Crippen LogP contribution in [0.3, 0.4) is 0 Å². The van der Waals surface area contributed by atoms with Crippen molar-refractivity contribution < 1.29 is 9.59 Å². The van der Waals surface area contributed by atoms with Gasteiger partial charge in [-0.15, -0.1) is 0 Å². The first-order valence-electron chi connectivity index (χ1n) is 10.9. The monoisotopic (exact) mass is 446 g/mol. The Hall–Kier alpha value is -2.34. The zero-order valence-electron chi connectivity index (χ0n) is 19.5. The molecule has 31 heavy (non-hydrogen) atoms. The van der Waals surface area contributed by atoms with Crippen LogP contribution in [0.1, 0.15) is 66.5 Å². The second kappa shape index (κ2) is 10.8. The molecule has 7 heteroatoms. The largest absolute Gasteiger partial charge is 0.333 e. The van der Waals surface area contributed by atoms with Crippen molar-refractivity contribution in [2.24, 2.45) is 5.92 Å². The van der Waals surface area contributed by atoms with E-state index in [-0.39, 0.29) is 29.7 Å². The number of halogens is 1. The molecule has 0 atom stereocenters. The highest BCUT2D eigenvalue weighted by atomic mass is 35.5. The van der Waals surface area contributed by atoms with Crippen LogP contribution in [-0.4, -0.2) is 39.6 Å². The quantitative estimate of drug-likeness (QED) is 0.557.